The molecule has 0 heterocycles. The highest BCUT2D eigenvalue weighted by Gasteiger charge is 2.30. The molecular weight excluding hydrogens is 349 g/mol. The quantitative estimate of drug-likeness (QED) is 0.467. The molecule has 2 aromatic carbocycles. The van der Waals surface area contributed by atoms with Gasteiger partial charge >= 0.3 is 12.2 Å². The largest absolute Gasteiger partial charge is 0.416 e. The van der Waals surface area contributed by atoms with Crippen LogP contribution in [0.15, 0.2) is 66.7 Å². The standard InChI is InChI=1S/C17H17F3N4O2/c18-17(19,20)13-7-4-8-14(9-13)23-16(25)24-15(26-21)11-22-10-12-5-2-1-3-6-12/h1-9,11,22H,10,21H2,(H2,23,24,25)/b15-11-. The van der Waals surface area contributed by atoms with Crippen molar-refractivity contribution >= 4 is 11.7 Å². The van der Waals surface area contributed by atoms with Crippen molar-refractivity contribution in [3.63, 3.8) is 0 Å². The molecular formula is C17H17F3N4O2. The number of amides is 2. The van der Waals surface area contributed by atoms with Gasteiger partial charge in [-0.25, -0.2) is 4.79 Å². The Morgan fingerprint density at radius 2 is 1.85 bits per heavy atom. The van der Waals surface area contributed by atoms with Crippen LogP contribution in [0.2, 0.25) is 0 Å². The monoisotopic (exact) mass is 366 g/mol. The number of urea groups is 1. The zero-order chi connectivity index (χ0) is 19.0. The summed E-state index contributed by atoms with van der Waals surface area (Å²) in [5.41, 5.74) is 0.102. The van der Waals surface area contributed by atoms with E-state index in [2.05, 4.69) is 20.8 Å². The molecule has 0 saturated heterocycles. The summed E-state index contributed by atoms with van der Waals surface area (Å²) in [5, 5.41) is 7.45. The number of carbonyl (C=O) groups excluding carboxylic acids is 1. The van der Waals surface area contributed by atoms with E-state index >= 15 is 0 Å². The van der Waals surface area contributed by atoms with E-state index in [9.17, 15) is 18.0 Å². The Labute approximate surface area is 147 Å². The number of halogens is 3. The van der Waals surface area contributed by atoms with Gasteiger partial charge in [0, 0.05) is 12.2 Å². The Balaban J connectivity index is 1.91. The van der Waals surface area contributed by atoms with E-state index < -0.39 is 17.8 Å². The first-order valence-electron chi connectivity index (χ1n) is 7.48. The van der Waals surface area contributed by atoms with E-state index in [0.717, 1.165) is 17.7 Å². The molecule has 0 unspecified atom stereocenters. The van der Waals surface area contributed by atoms with Crippen LogP contribution >= 0.6 is 0 Å². The highest BCUT2D eigenvalue weighted by atomic mass is 19.4. The summed E-state index contributed by atoms with van der Waals surface area (Å²) < 4.78 is 38.0. The second kappa shape index (κ2) is 8.77. The second-order valence-electron chi connectivity index (χ2n) is 5.15. The van der Waals surface area contributed by atoms with Gasteiger partial charge in [-0.1, -0.05) is 36.4 Å². The summed E-state index contributed by atoms with van der Waals surface area (Å²) >= 11 is 0. The number of alkyl halides is 3. The van der Waals surface area contributed by atoms with Gasteiger partial charge in [-0.05, 0) is 23.8 Å². The maximum absolute atomic E-state index is 12.7. The van der Waals surface area contributed by atoms with E-state index in [-0.39, 0.29) is 11.6 Å². The zero-order valence-corrected chi connectivity index (χ0v) is 13.5. The van der Waals surface area contributed by atoms with Gasteiger partial charge in [-0.2, -0.15) is 19.1 Å². The van der Waals surface area contributed by atoms with Gasteiger partial charge in [0.05, 0.1) is 11.8 Å². The Hall–Kier alpha value is -3.20. The van der Waals surface area contributed by atoms with E-state index in [1.807, 2.05) is 30.3 Å². The molecule has 26 heavy (non-hydrogen) atoms. The van der Waals surface area contributed by atoms with Crippen LogP contribution < -0.4 is 21.8 Å². The third-order valence-electron chi connectivity index (χ3n) is 3.19. The Morgan fingerprint density at radius 1 is 1.12 bits per heavy atom. The molecule has 0 aliphatic heterocycles. The first-order chi connectivity index (χ1) is 12.4. The number of carbonyl (C=O) groups is 1. The maximum atomic E-state index is 12.7. The summed E-state index contributed by atoms with van der Waals surface area (Å²) in [4.78, 5) is 16.4. The molecule has 0 spiro atoms. The molecule has 0 aliphatic rings. The Morgan fingerprint density at radius 3 is 2.50 bits per heavy atom. The minimum atomic E-state index is -4.50. The molecule has 0 fully saturated rings. The number of hydrogen-bond acceptors (Lipinski definition) is 4. The second-order valence-corrected chi connectivity index (χ2v) is 5.15. The van der Waals surface area contributed by atoms with Crippen LogP contribution in [-0.2, 0) is 17.6 Å². The van der Waals surface area contributed by atoms with Gasteiger partial charge in [0.2, 0.25) is 5.88 Å². The van der Waals surface area contributed by atoms with E-state index in [1.165, 1.54) is 18.3 Å². The van der Waals surface area contributed by atoms with Crippen LogP contribution in [0.1, 0.15) is 11.1 Å². The van der Waals surface area contributed by atoms with Crippen LogP contribution in [-0.4, -0.2) is 6.03 Å². The summed E-state index contributed by atoms with van der Waals surface area (Å²) in [6.07, 6.45) is -3.17. The molecule has 0 aromatic heterocycles. The molecule has 0 aliphatic carbocycles. The first kappa shape index (κ1) is 19.1. The SMILES string of the molecule is NO/C(=C\NCc1ccccc1)NC(=O)Nc1cccc(C(F)(F)F)c1. The normalized spacial score (nSPS) is 11.6. The molecule has 2 aromatic rings. The number of benzene rings is 2. The number of rotatable bonds is 6. The molecule has 0 radical (unpaired) electrons. The van der Waals surface area contributed by atoms with Crippen LogP contribution in [0.3, 0.4) is 0 Å². The van der Waals surface area contributed by atoms with Crippen molar-refractivity contribution < 1.29 is 22.8 Å². The number of nitrogens with two attached hydrogens (primary N) is 1. The lowest BCUT2D eigenvalue weighted by atomic mass is 10.2. The molecule has 2 rings (SSSR count). The lowest BCUT2D eigenvalue weighted by Gasteiger charge is -2.12. The predicted octanol–water partition coefficient (Wildman–Crippen LogP) is 3.31. The van der Waals surface area contributed by atoms with Crippen LogP contribution in [0.25, 0.3) is 0 Å². The molecule has 138 valence electrons. The molecule has 0 bridgehead atoms. The fraction of sp³-hybridized carbons (Fsp3) is 0.118. The summed E-state index contributed by atoms with van der Waals surface area (Å²) in [6.45, 7) is 0.463. The third kappa shape index (κ3) is 6.02. The average Bonchev–Trinajstić information content (AvgIpc) is 2.61. The van der Waals surface area contributed by atoms with Gasteiger partial charge < -0.3 is 15.5 Å². The smallest absolute Gasteiger partial charge is 0.391 e. The fourth-order valence-corrected chi connectivity index (χ4v) is 2.00. The predicted molar refractivity (Wildman–Crippen MR) is 90.2 cm³/mol. The summed E-state index contributed by atoms with van der Waals surface area (Å²) in [7, 11) is 0. The molecule has 6 nitrogen and oxygen atoms in total. The molecule has 0 atom stereocenters. The van der Waals surface area contributed by atoms with E-state index in [1.54, 1.807) is 0 Å². The zero-order valence-electron chi connectivity index (χ0n) is 13.5. The summed E-state index contributed by atoms with van der Waals surface area (Å²) in [5.74, 6) is 4.97. The van der Waals surface area contributed by atoms with E-state index in [4.69, 9.17) is 5.90 Å². The third-order valence-corrected chi connectivity index (χ3v) is 3.19. The van der Waals surface area contributed by atoms with Crippen molar-refractivity contribution in [2.75, 3.05) is 5.32 Å². The average molecular weight is 366 g/mol. The molecule has 0 saturated carbocycles. The number of anilines is 1. The van der Waals surface area contributed by atoms with Gasteiger partial charge in [-0.3, -0.25) is 5.32 Å². The van der Waals surface area contributed by atoms with Crippen molar-refractivity contribution in [3.8, 4) is 0 Å². The minimum Gasteiger partial charge on any atom is -0.391 e. The Kier molecular flexibility index (Phi) is 6.45. The molecule has 9 heteroatoms. The van der Waals surface area contributed by atoms with Gasteiger partial charge in [0.25, 0.3) is 0 Å². The number of hydrogen-bond donors (Lipinski definition) is 4. The van der Waals surface area contributed by atoms with Gasteiger partial charge in [0.15, 0.2) is 0 Å². The van der Waals surface area contributed by atoms with Crippen molar-refractivity contribution in [2.45, 2.75) is 12.7 Å². The molecule has 2 amide bonds. The minimum absolute atomic E-state index is 0.0223. The van der Waals surface area contributed by atoms with Gasteiger partial charge in [0.1, 0.15) is 0 Å². The van der Waals surface area contributed by atoms with Gasteiger partial charge in [-0.15, -0.1) is 0 Å². The van der Waals surface area contributed by atoms with Crippen molar-refractivity contribution in [3.05, 3.63) is 77.8 Å². The van der Waals surface area contributed by atoms with Crippen LogP contribution in [0, 0.1) is 0 Å². The highest BCUT2D eigenvalue weighted by molar-refractivity contribution is 5.90. The van der Waals surface area contributed by atoms with Crippen molar-refractivity contribution in [1.82, 2.24) is 10.6 Å². The van der Waals surface area contributed by atoms with Crippen LogP contribution in [0.5, 0.6) is 0 Å². The van der Waals surface area contributed by atoms with E-state index in [0.29, 0.717) is 6.54 Å². The van der Waals surface area contributed by atoms with Crippen LogP contribution in [0.4, 0.5) is 23.7 Å². The number of nitrogens with one attached hydrogen (secondary N) is 3. The highest BCUT2D eigenvalue weighted by Crippen LogP contribution is 2.30. The van der Waals surface area contributed by atoms with Crippen molar-refractivity contribution in [2.24, 2.45) is 5.90 Å². The Bertz CT molecular complexity index is 764. The lowest BCUT2D eigenvalue weighted by molar-refractivity contribution is -0.137. The topological polar surface area (TPSA) is 88.4 Å². The van der Waals surface area contributed by atoms with Crippen molar-refractivity contribution in [1.29, 1.82) is 0 Å². The maximum Gasteiger partial charge on any atom is 0.416 e. The lowest BCUT2D eigenvalue weighted by Crippen LogP contribution is -2.31. The summed E-state index contributed by atoms with van der Waals surface area (Å²) in [6, 6.07) is 12.9. The molecule has 5 N–H and O–H groups in total. The fourth-order valence-electron chi connectivity index (χ4n) is 2.00. The first-order valence-corrected chi connectivity index (χ1v) is 7.48.